The van der Waals surface area contributed by atoms with Crippen molar-refractivity contribution in [1.82, 2.24) is 24.7 Å². The first-order chi connectivity index (χ1) is 12.2. The van der Waals surface area contributed by atoms with E-state index in [9.17, 15) is 9.59 Å². The number of rotatable bonds is 7. The Morgan fingerprint density at radius 1 is 1.15 bits per heavy atom. The third-order valence-corrected chi connectivity index (χ3v) is 4.73. The van der Waals surface area contributed by atoms with Crippen LogP contribution in [0.5, 0.6) is 0 Å². The molecule has 1 aliphatic heterocycles. The molecule has 8 heteroatoms. The van der Waals surface area contributed by atoms with Crippen LogP contribution in [0.4, 0.5) is 0 Å². The van der Waals surface area contributed by atoms with Crippen molar-refractivity contribution < 1.29 is 4.79 Å². The first-order valence-corrected chi connectivity index (χ1v) is 9.08. The number of amides is 1. The molecule has 1 aromatic heterocycles. The number of halogens is 1. The van der Waals surface area contributed by atoms with Gasteiger partial charge in [0.15, 0.2) is 0 Å². The van der Waals surface area contributed by atoms with Gasteiger partial charge in [-0.05, 0) is 32.0 Å². The first kappa shape index (κ1) is 20.5. The monoisotopic (exact) mass is 381 g/mol. The quantitative estimate of drug-likeness (QED) is 0.691. The molecular formula is C18H28ClN5O2. The van der Waals surface area contributed by atoms with E-state index >= 15 is 0 Å². The molecule has 0 spiro atoms. The molecule has 1 saturated heterocycles. The summed E-state index contributed by atoms with van der Waals surface area (Å²) in [4.78, 5) is 27.2. The number of para-hydroxylation sites is 2. The van der Waals surface area contributed by atoms with Gasteiger partial charge in [-0.2, -0.15) is 0 Å². The van der Waals surface area contributed by atoms with Crippen molar-refractivity contribution in [3.05, 3.63) is 34.7 Å². The molecule has 7 nitrogen and oxygen atoms in total. The molecule has 0 bridgehead atoms. The highest BCUT2D eigenvalue weighted by Gasteiger charge is 2.14. The summed E-state index contributed by atoms with van der Waals surface area (Å²) in [6.07, 6.45) is 0.928. The molecule has 144 valence electrons. The summed E-state index contributed by atoms with van der Waals surface area (Å²) in [5.41, 5.74) is 1.56. The van der Waals surface area contributed by atoms with E-state index in [0.717, 1.165) is 50.2 Å². The predicted molar refractivity (Wildman–Crippen MR) is 106 cm³/mol. The second-order valence-electron chi connectivity index (χ2n) is 6.40. The van der Waals surface area contributed by atoms with Crippen molar-refractivity contribution in [1.29, 1.82) is 0 Å². The molecule has 3 rings (SSSR count). The van der Waals surface area contributed by atoms with E-state index < -0.39 is 0 Å². The number of nitrogens with zero attached hydrogens (tertiary/aromatic N) is 3. The van der Waals surface area contributed by atoms with Gasteiger partial charge >= 0.3 is 5.69 Å². The SMILES string of the molecule is CCn1c(=O)n(CC(=O)NCCCN2CCNCC2)c2ccccc21.Cl. The van der Waals surface area contributed by atoms with Crippen molar-refractivity contribution in [3.8, 4) is 0 Å². The van der Waals surface area contributed by atoms with Crippen LogP contribution in [0.25, 0.3) is 11.0 Å². The lowest BCUT2D eigenvalue weighted by molar-refractivity contribution is -0.121. The van der Waals surface area contributed by atoms with Crippen LogP contribution in [0.15, 0.2) is 29.1 Å². The molecule has 0 atom stereocenters. The fourth-order valence-corrected chi connectivity index (χ4v) is 3.40. The van der Waals surface area contributed by atoms with Gasteiger partial charge in [0.2, 0.25) is 5.91 Å². The summed E-state index contributed by atoms with van der Waals surface area (Å²) < 4.78 is 3.26. The largest absolute Gasteiger partial charge is 0.354 e. The molecule has 2 aromatic rings. The fraction of sp³-hybridized carbons (Fsp3) is 0.556. The highest BCUT2D eigenvalue weighted by Crippen LogP contribution is 2.12. The zero-order chi connectivity index (χ0) is 17.6. The highest BCUT2D eigenvalue weighted by molar-refractivity contribution is 5.85. The Morgan fingerprint density at radius 3 is 2.46 bits per heavy atom. The van der Waals surface area contributed by atoms with Crippen molar-refractivity contribution in [2.24, 2.45) is 0 Å². The Bertz CT molecular complexity index is 779. The second kappa shape index (κ2) is 9.75. The number of piperazine rings is 1. The first-order valence-electron chi connectivity index (χ1n) is 9.08. The number of hydrogen-bond acceptors (Lipinski definition) is 4. The summed E-state index contributed by atoms with van der Waals surface area (Å²) in [5, 5.41) is 6.27. The molecular weight excluding hydrogens is 354 g/mol. The summed E-state index contributed by atoms with van der Waals surface area (Å²) >= 11 is 0. The Kier molecular flexibility index (Phi) is 7.68. The minimum Gasteiger partial charge on any atom is -0.354 e. The number of carbonyl (C=O) groups is 1. The molecule has 1 fully saturated rings. The topological polar surface area (TPSA) is 71.3 Å². The van der Waals surface area contributed by atoms with Crippen LogP contribution >= 0.6 is 12.4 Å². The van der Waals surface area contributed by atoms with Crippen molar-refractivity contribution in [3.63, 3.8) is 0 Å². The van der Waals surface area contributed by atoms with E-state index in [1.165, 1.54) is 0 Å². The minimum atomic E-state index is -0.125. The molecule has 1 amide bonds. The molecule has 26 heavy (non-hydrogen) atoms. The lowest BCUT2D eigenvalue weighted by Gasteiger charge is -2.27. The number of nitrogens with one attached hydrogen (secondary N) is 2. The van der Waals surface area contributed by atoms with Gasteiger partial charge in [-0.15, -0.1) is 12.4 Å². The maximum absolute atomic E-state index is 12.5. The van der Waals surface area contributed by atoms with Crippen molar-refractivity contribution >= 4 is 29.3 Å². The van der Waals surface area contributed by atoms with Crippen LogP contribution in [0, 0.1) is 0 Å². The van der Waals surface area contributed by atoms with Gasteiger partial charge in [0.05, 0.1) is 11.0 Å². The average molecular weight is 382 g/mol. The van der Waals surface area contributed by atoms with E-state index in [1.54, 1.807) is 9.13 Å². The van der Waals surface area contributed by atoms with E-state index in [-0.39, 0.29) is 30.5 Å². The summed E-state index contributed by atoms with van der Waals surface area (Å²) in [6.45, 7) is 8.46. The van der Waals surface area contributed by atoms with Gasteiger partial charge in [0.25, 0.3) is 0 Å². The number of benzene rings is 1. The van der Waals surface area contributed by atoms with Crippen LogP contribution in [-0.4, -0.2) is 59.2 Å². The van der Waals surface area contributed by atoms with Crippen LogP contribution in [0.1, 0.15) is 13.3 Å². The smallest absolute Gasteiger partial charge is 0.329 e. The fourth-order valence-electron chi connectivity index (χ4n) is 3.40. The summed E-state index contributed by atoms with van der Waals surface area (Å²) in [6, 6.07) is 7.61. The Morgan fingerprint density at radius 2 is 1.81 bits per heavy atom. The third kappa shape index (κ3) is 4.66. The van der Waals surface area contributed by atoms with Crippen LogP contribution < -0.4 is 16.3 Å². The summed E-state index contributed by atoms with van der Waals surface area (Å²) in [7, 11) is 0. The molecule has 1 aliphatic rings. The van der Waals surface area contributed by atoms with E-state index in [0.29, 0.717) is 13.1 Å². The second-order valence-corrected chi connectivity index (χ2v) is 6.40. The van der Waals surface area contributed by atoms with Gasteiger partial charge in [-0.3, -0.25) is 13.9 Å². The zero-order valence-corrected chi connectivity index (χ0v) is 16.1. The maximum Gasteiger partial charge on any atom is 0.329 e. The van der Waals surface area contributed by atoms with Gasteiger partial charge in [-0.1, -0.05) is 12.1 Å². The standard InChI is InChI=1S/C18H27N5O2.ClH/c1-2-22-15-6-3-4-7-16(15)23(18(22)25)14-17(24)20-8-5-11-21-12-9-19-10-13-21;/h3-4,6-7,19H,2,5,8-14H2,1H3,(H,20,24);1H. The van der Waals surface area contributed by atoms with Gasteiger partial charge < -0.3 is 15.5 Å². The summed E-state index contributed by atoms with van der Waals surface area (Å²) in [5.74, 6) is -0.110. The highest BCUT2D eigenvalue weighted by atomic mass is 35.5. The molecule has 0 saturated carbocycles. The maximum atomic E-state index is 12.5. The van der Waals surface area contributed by atoms with E-state index in [1.807, 2.05) is 31.2 Å². The Labute approximate surface area is 159 Å². The Balaban J connectivity index is 0.00000243. The van der Waals surface area contributed by atoms with Crippen molar-refractivity contribution in [2.75, 3.05) is 39.3 Å². The number of aryl methyl sites for hydroxylation is 1. The van der Waals surface area contributed by atoms with Gasteiger partial charge in [-0.25, -0.2) is 4.79 Å². The lowest BCUT2D eigenvalue weighted by Crippen LogP contribution is -2.44. The normalized spacial score (nSPS) is 15.0. The predicted octanol–water partition coefficient (Wildman–Crippen LogP) is 0.656. The average Bonchev–Trinajstić information content (AvgIpc) is 2.91. The Hall–Kier alpha value is -1.83. The number of fused-ring (bicyclic) bond motifs is 1. The molecule has 0 unspecified atom stereocenters. The zero-order valence-electron chi connectivity index (χ0n) is 15.2. The van der Waals surface area contributed by atoms with Crippen LogP contribution in [-0.2, 0) is 17.9 Å². The molecule has 0 aliphatic carbocycles. The number of imidazole rings is 1. The molecule has 2 heterocycles. The number of aromatic nitrogens is 2. The minimum absolute atomic E-state index is 0. The molecule has 1 aromatic carbocycles. The third-order valence-electron chi connectivity index (χ3n) is 4.73. The van der Waals surface area contributed by atoms with Crippen LogP contribution in [0.3, 0.4) is 0 Å². The molecule has 0 radical (unpaired) electrons. The van der Waals surface area contributed by atoms with Crippen LogP contribution in [0.2, 0.25) is 0 Å². The number of hydrogen-bond donors (Lipinski definition) is 2. The van der Waals surface area contributed by atoms with Gasteiger partial charge in [0.1, 0.15) is 6.54 Å². The number of carbonyl (C=O) groups excluding carboxylic acids is 1. The van der Waals surface area contributed by atoms with Gasteiger partial charge in [0, 0.05) is 39.3 Å². The molecule has 2 N–H and O–H groups in total. The lowest BCUT2D eigenvalue weighted by atomic mass is 10.3. The van der Waals surface area contributed by atoms with Crippen molar-refractivity contribution in [2.45, 2.75) is 26.4 Å². The van der Waals surface area contributed by atoms with E-state index in [4.69, 9.17) is 0 Å². The van der Waals surface area contributed by atoms with E-state index in [2.05, 4.69) is 15.5 Å².